The van der Waals surface area contributed by atoms with E-state index in [9.17, 15) is 10.1 Å². The first-order chi connectivity index (χ1) is 11.1. The predicted molar refractivity (Wildman–Crippen MR) is 87.2 cm³/mol. The van der Waals surface area contributed by atoms with Crippen LogP contribution in [-0.4, -0.2) is 16.1 Å². The van der Waals surface area contributed by atoms with Gasteiger partial charge in [0.15, 0.2) is 5.69 Å². The van der Waals surface area contributed by atoms with Gasteiger partial charge in [0.05, 0.1) is 11.2 Å². The number of nitrogens with one attached hydrogen (secondary N) is 1. The van der Waals surface area contributed by atoms with E-state index >= 15 is 0 Å². The van der Waals surface area contributed by atoms with Crippen LogP contribution in [0, 0.1) is 18.3 Å². The van der Waals surface area contributed by atoms with Crippen molar-refractivity contribution < 1.29 is 4.79 Å². The molecule has 0 aliphatic heterocycles. The fourth-order valence-electron chi connectivity index (χ4n) is 2.29. The second-order valence-electron chi connectivity index (χ2n) is 5.12. The van der Waals surface area contributed by atoms with Crippen LogP contribution in [0.5, 0.6) is 0 Å². The first-order valence-electron chi connectivity index (χ1n) is 6.92. The minimum atomic E-state index is -0.485. The Morgan fingerprint density at radius 2 is 1.91 bits per heavy atom. The number of nitrogens with two attached hydrogens (primary N) is 1. The minimum Gasteiger partial charge on any atom is -0.366 e. The van der Waals surface area contributed by atoms with Crippen LogP contribution >= 0.6 is 0 Å². The molecule has 0 saturated carbocycles. The Morgan fingerprint density at radius 1 is 1.17 bits per heavy atom. The van der Waals surface area contributed by atoms with Crippen LogP contribution in [0.15, 0.2) is 42.5 Å². The Bertz CT molecular complexity index is 942. The number of carbonyl (C=O) groups is 1. The van der Waals surface area contributed by atoms with E-state index in [1.54, 1.807) is 24.3 Å². The normalized spacial score (nSPS) is 10.3. The number of hydrogen-bond donors (Lipinski definition) is 2. The van der Waals surface area contributed by atoms with Crippen LogP contribution in [0.2, 0.25) is 0 Å². The lowest BCUT2D eigenvalue weighted by Crippen LogP contribution is -2.10. The molecule has 23 heavy (non-hydrogen) atoms. The maximum atomic E-state index is 11.1. The Labute approximate surface area is 132 Å². The fourth-order valence-corrected chi connectivity index (χ4v) is 2.29. The quantitative estimate of drug-likeness (QED) is 0.774. The number of rotatable bonds is 3. The van der Waals surface area contributed by atoms with Crippen molar-refractivity contribution in [2.75, 3.05) is 5.32 Å². The number of primary amides is 1. The lowest BCUT2D eigenvalue weighted by atomic mass is 10.1. The van der Waals surface area contributed by atoms with Crippen molar-refractivity contribution in [1.82, 2.24) is 10.2 Å². The van der Waals surface area contributed by atoms with Crippen molar-refractivity contribution in [3.05, 3.63) is 59.3 Å². The van der Waals surface area contributed by atoms with Gasteiger partial charge in [-0.2, -0.15) is 5.26 Å². The smallest absolute Gasteiger partial charge is 0.248 e. The molecule has 0 unspecified atom stereocenters. The molecule has 3 N–H and O–H groups in total. The van der Waals surface area contributed by atoms with Gasteiger partial charge in [-0.1, -0.05) is 11.6 Å². The molecule has 0 spiro atoms. The Balaban J connectivity index is 2.09. The maximum absolute atomic E-state index is 11.1. The van der Waals surface area contributed by atoms with Gasteiger partial charge in [-0.25, -0.2) is 0 Å². The summed E-state index contributed by atoms with van der Waals surface area (Å²) in [5.41, 5.74) is 8.94. The van der Waals surface area contributed by atoms with Gasteiger partial charge in [-0.05, 0) is 43.3 Å². The first-order valence-corrected chi connectivity index (χ1v) is 6.92. The summed E-state index contributed by atoms with van der Waals surface area (Å²) in [4.78, 5) is 11.1. The molecule has 1 heterocycles. The van der Waals surface area contributed by atoms with Gasteiger partial charge in [0.1, 0.15) is 6.07 Å². The molecule has 6 heteroatoms. The van der Waals surface area contributed by atoms with E-state index in [1.807, 2.05) is 31.2 Å². The van der Waals surface area contributed by atoms with Crippen LogP contribution in [0.25, 0.3) is 10.9 Å². The summed E-state index contributed by atoms with van der Waals surface area (Å²) in [6, 6.07) is 14.5. The van der Waals surface area contributed by atoms with E-state index in [2.05, 4.69) is 15.5 Å². The molecule has 2 aromatic carbocycles. The van der Waals surface area contributed by atoms with Crippen LogP contribution in [0.3, 0.4) is 0 Å². The van der Waals surface area contributed by atoms with Crippen molar-refractivity contribution in [2.24, 2.45) is 5.73 Å². The van der Waals surface area contributed by atoms with Gasteiger partial charge in [0.2, 0.25) is 5.91 Å². The Hall–Kier alpha value is -3.46. The summed E-state index contributed by atoms with van der Waals surface area (Å²) >= 11 is 0. The SMILES string of the molecule is Cc1ccc2nnc(C#N)c(Nc3ccc(C(N)=O)cc3)c2c1. The highest BCUT2D eigenvalue weighted by Gasteiger charge is 2.11. The van der Waals surface area contributed by atoms with Crippen LogP contribution < -0.4 is 11.1 Å². The molecule has 0 aliphatic rings. The van der Waals surface area contributed by atoms with Gasteiger partial charge in [-0.3, -0.25) is 4.79 Å². The molecule has 0 bridgehead atoms. The molecule has 3 rings (SSSR count). The van der Waals surface area contributed by atoms with Gasteiger partial charge in [0.25, 0.3) is 0 Å². The van der Waals surface area contributed by atoms with Crippen molar-refractivity contribution >= 4 is 28.2 Å². The van der Waals surface area contributed by atoms with E-state index < -0.39 is 5.91 Å². The van der Waals surface area contributed by atoms with Gasteiger partial charge >= 0.3 is 0 Å². The van der Waals surface area contributed by atoms with E-state index in [4.69, 9.17) is 5.73 Å². The molecule has 3 aromatic rings. The molecule has 0 fully saturated rings. The molecule has 1 amide bonds. The zero-order valence-corrected chi connectivity index (χ0v) is 12.4. The highest BCUT2D eigenvalue weighted by Crippen LogP contribution is 2.28. The summed E-state index contributed by atoms with van der Waals surface area (Å²) in [7, 11) is 0. The number of aromatic nitrogens is 2. The number of fused-ring (bicyclic) bond motifs is 1. The summed E-state index contributed by atoms with van der Waals surface area (Å²) in [6.45, 7) is 1.97. The lowest BCUT2D eigenvalue weighted by molar-refractivity contribution is 0.100. The summed E-state index contributed by atoms with van der Waals surface area (Å²) in [5.74, 6) is -0.485. The molecule has 0 radical (unpaired) electrons. The molecular formula is C17H13N5O. The molecule has 0 atom stereocenters. The number of nitrogens with zero attached hydrogens (tertiary/aromatic N) is 3. The number of amides is 1. The van der Waals surface area contributed by atoms with E-state index in [0.717, 1.165) is 16.6 Å². The van der Waals surface area contributed by atoms with Crippen LogP contribution in [0.1, 0.15) is 21.6 Å². The number of anilines is 2. The fraction of sp³-hybridized carbons (Fsp3) is 0.0588. The third kappa shape index (κ3) is 2.80. The van der Waals surface area contributed by atoms with Gasteiger partial charge in [0, 0.05) is 16.6 Å². The van der Waals surface area contributed by atoms with Crippen molar-refractivity contribution in [2.45, 2.75) is 6.92 Å². The van der Waals surface area contributed by atoms with E-state index in [-0.39, 0.29) is 5.69 Å². The average Bonchev–Trinajstić information content (AvgIpc) is 2.56. The number of aryl methyl sites for hydroxylation is 1. The molecule has 0 saturated heterocycles. The molecule has 6 nitrogen and oxygen atoms in total. The standard InChI is InChI=1S/C17H13N5O/c1-10-2-7-14-13(8-10)16(15(9-18)22-21-14)20-12-5-3-11(4-6-12)17(19)23/h2-8H,1H3,(H2,19,23)(H,20,21). The minimum absolute atomic E-state index is 0.210. The zero-order valence-electron chi connectivity index (χ0n) is 12.4. The van der Waals surface area contributed by atoms with Crippen molar-refractivity contribution in [1.29, 1.82) is 5.26 Å². The van der Waals surface area contributed by atoms with Crippen molar-refractivity contribution in [3.63, 3.8) is 0 Å². The second-order valence-corrected chi connectivity index (χ2v) is 5.12. The first kappa shape index (κ1) is 14.5. The van der Waals surface area contributed by atoms with Crippen molar-refractivity contribution in [3.8, 4) is 6.07 Å². The Kier molecular flexibility index (Phi) is 3.61. The molecule has 0 aliphatic carbocycles. The topological polar surface area (TPSA) is 105 Å². The maximum Gasteiger partial charge on any atom is 0.248 e. The predicted octanol–water partition coefficient (Wildman–Crippen LogP) is 2.65. The van der Waals surface area contributed by atoms with E-state index in [0.29, 0.717) is 16.8 Å². The largest absolute Gasteiger partial charge is 0.366 e. The van der Waals surface area contributed by atoms with Gasteiger partial charge < -0.3 is 11.1 Å². The monoisotopic (exact) mass is 303 g/mol. The second kappa shape index (κ2) is 5.73. The third-order valence-electron chi connectivity index (χ3n) is 3.46. The number of hydrogen-bond acceptors (Lipinski definition) is 5. The zero-order chi connectivity index (χ0) is 16.4. The van der Waals surface area contributed by atoms with Crippen LogP contribution in [-0.2, 0) is 0 Å². The third-order valence-corrected chi connectivity index (χ3v) is 3.46. The summed E-state index contributed by atoms with van der Waals surface area (Å²) in [5, 5.41) is 21.3. The Morgan fingerprint density at radius 3 is 2.57 bits per heavy atom. The number of carbonyl (C=O) groups excluding carboxylic acids is 1. The average molecular weight is 303 g/mol. The lowest BCUT2D eigenvalue weighted by Gasteiger charge is -2.11. The number of nitriles is 1. The summed E-state index contributed by atoms with van der Waals surface area (Å²) < 4.78 is 0. The number of benzene rings is 2. The van der Waals surface area contributed by atoms with Crippen LogP contribution in [0.4, 0.5) is 11.4 Å². The highest BCUT2D eigenvalue weighted by molar-refractivity contribution is 5.96. The molecular weight excluding hydrogens is 290 g/mol. The highest BCUT2D eigenvalue weighted by atomic mass is 16.1. The summed E-state index contributed by atoms with van der Waals surface area (Å²) in [6.07, 6.45) is 0. The van der Waals surface area contributed by atoms with E-state index in [1.165, 1.54) is 0 Å². The van der Waals surface area contributed by atoms with Gasteiger partial charge in [-0.15, -0.1) is 10.2 Å². The molecule has 112 valence electrons. The molecule has 1 aromatic heterocycles.